The van der Waals surface area contributed by atoms with Crippen LogP contribution in [0.5, 0.6) is 0 Å². The highest BCUT2D eigenvalue weighted by Gasteiger charge is 2.27. The summed E-state index contributed by atoms with van der Waals surface area (Å²) in [6, 6.07) is 24.8. The molecule has 0 spiro atoms. The van der Waals surface area contributed by atoms with Crippen molar-refractivity contribution < 1.29 is 4.79 Å². The summed E-state index contributed by atoms with van der Waals surface area (Å²) >= 11 is 0. The Morgan fingerprint density at radius 2 is 1.63 bits per heavy atom. The summed E-state index contributed by atoms with van der Waals surface area (Å²) in [7, 11) is 0. The van der Waals surface area contributed by atoms with E-state index in [4.69, 9.17) is 4.98 Å². The van der Waals surface area contributed by atoms with Crippen molar-refractivity contribution in [2.24, 2.45) is 0 Å². The predicted molar refractivity (Wildman–Crippen MR) is 143 cm³/mol. The Labute approximate surface area is 206 Å². The minimum Gasteiger partial charge on any atom is -0.329 e. The summed E-state index contributed by atoms with van der Waals surface area (Å²) in [5, 5.41) is 0.559. The predicted octanol–water partition coefficient (Wildman–Crippen LogP) is 5.96. The molecule has 4 rings (SSSR count). The van der Waals surface area contributed by atoms with Crippen LogP contribution >= 0.6 is 0 Å². The normalized spacial score (nSPS) is 12.2. The van der Waals surface area contributed by atoms with Crippen LogP contribution in [-0.2, 0) is 11.2 Å². The quantitative estimate of drug-likeness (QED) is 0.302. The number of nitrogens with zero attached hydrogens (tertiary/aromatic N) is 3. The topological polar surface area (TPSA) is 55.2 Å². The Morgan fingerprint density at radius 3 is 2.29 bits per heavy atom. The fraction of sp³-hybridized carbons (Fsp3) is 0.233. The van der Waals surface area contributed by atoms with Crippen molar-refractivity contribution in [3.8, 4) is 5.69 Å². The molecule has 0 fully saturated rings. The van der Waals surface area contributed by atoms with Crippen LogP contribution in [0.3, 0.4) is 0 Å². The van der Waals surface area contributed by atoms with Crippen molar-refractivity contribution in [2.75, 3.05) is 6.54 Å². The second-order valence-corrected chi connectivity index (χ2v) is 8.44. The van der Waals surface area contributed by atoms with Gasteiger partial charge in [-0.2, -0.15) is 0 Å². The Bertz CT molecular complexity index is 1390. The molecule has 0 N–H and O–H groups in total. The van der Waals surface area contributed by atoms with Gasteiger partial charge in [-0.1, -0.05) is 68.4 Å². The van der Waals surface area contributed by atoms with Gasteiger partial charge in [0.15, 0.2) is 0 Å². The Balaban J connectivity index is 1.84. The lowest BCUT2D eigenvalue weighted by Gasteiger charge is -2.30. The van der Waals surface area contributed by atoms with Crippen LogP contribution in [0.2, 0.25) is 0 Å². The van der Waals surface area contributed by atoms with Crippen molar-refractivity contribution in [1.82, 2.24) is 14.5 Å². The molecule has 0 bridgehead atoms. The lowest BCUT2D eigenvalue weighted by Crippen LogP contribution is -2.37. The van der Waals surface area contributed by atoms with Crippen molar-refractivity contribution in [3.63, 3.8) is 0 Å². The van der Waals surface area contributed by atoms with Gasteiger partial charge in [-0.15, -0.1) is 0 Å². The SMILES string of the molecule is CCc1ccc(-n2c(C(CC)N(CC)C(=O)/C=C/c3ccccc3)nc3ccccc3c2=O)cc1. The molecule has 0 aliphatic heterocycles. The summed E-state index contributed by atoms with van der Waals surface area (Å²) in [6.45, 7) is 6.57. The summed E-state index contributed by atoms with van der Waals surface area (Å²) < 4.78 is 1.67. The molecule has 35 heavy (non-hydrogen) atoms. The fourth-order valence-corrected chi connectivity index (χ4v) is 4.40. The molecule has 5 heteroatoms. The van der Waals surface area contributed by atoms with Crippen LogP contribution in [0.1, 0.15) is 50.2 Å². The summed E-state index contributed by atoms with van der Waals surface area (Å²) in [4.78, 5) is 33.8. The zero-order valence-electron chi connectivity index (χ0n) is 20.5. The molecule has 1 aromatic heterocycles. The summed E-state index contributed by atoms with van der Waals surface area (Å²) in [6.07, 6.45) is 4.96. The largest absolute Gasteiger partial charge is 0.329 e. The lowest BCUT2D eigenvalue weighted by atomic mass is 10.1. The van der Waals surface area contributed by atoms with E-state index in [1.807, 2.05) is 92.7 Å². The molecule has 0 radical (unpaired) electrons. The Kier molecular flexibility index (Phi) is 7.56. The van der Waals surface area contributed by atoms with E-state index in [0.29, 0.717) is 29.7 Å². The molecule has 0 saturated carbocycles. The van der Waals surface area contributed by atoms with Crippen LogP contribution in [-0.4, -0.2) is 26.9 Å². The van der Waals surface area contributed by atoms with Crippen molar-refractivity contribution >= 4 is 22.9 Å². The lowest BCUT2D eigenvalue weighted by molar-refractivity contribution is -0.128. The van der Waals surface area contributed by atoms with Gasteiger partial charge < -0.3 is 4.90 Å². The number of amides is 1. The summed E-state index contributed by atoms with van der Waals surface area (Å²) in [5.74, 6) is 0.460. The van der Waals surface area contributed by atoms with Crippen molar-refractivity contribution in [1.29, 1.82) is 0 Å². The number of carbonyl (C=O) groups is 1. The van der Waals surface area contributed by atoms with Gasteiger partial charge in [0.25, 0.3) is 5.56 Å². The third-order valence-corrected chi connectivity index (χ3v) is 6.31. The molecule has 1 heterocycles. The number of para-hydroxylation sites is 1. The molecule has 3 aromatic carbocycles. The van der Waals surface area contributed by atoms with E-state index in [2.05, 4.69) is 6.92 Å². The molecule has 0 saturated heterocycles. The van der Waals surface area contributed by atoms with Crippen LogP contribution in [0, 0.1) is 0 Å². The van der Waals surface area contributed by atoms with Gasteiger partial charge in [0.2, 0.25) is 5.91 Å². The van der Waals surface area contributed by atoms with Crippen LogP contribution in [0.4, 0.5) is 0 Å². The van der Waals surface area contributed by atoms with Gasteiger partial charge in [0, 0.05) is 12.6 Å². The second kappa shape index (κ2) is 11.0. The first-order valence-corrected chi connectivity index (χ1v) is 12.2. The van der Waals surface area contributed by atoms with E-state index in [1.54, 1.807) is 21.6 Å². The Hall–Kier alpha value is -3.99. The molecule has 4 aromatic rings. The standard InChI is InChI=1S/C30H31N3O2/c1-4-22-16-19-24(20-17-22)33-29(31-26-15-11-10-14-25(26)30(33)35)27(5-2)32(6-3)28(34)21-18-23-12-8-7-9-13-23/h7-21,27H,4-6H2,1-3H3/b21-18+. The van der Waals surface area contributed by atoms with E-state index in [1.165, 1.54) is 5.56 Å². The number of carbonyl (C=O) groups excluding carboxylic acids is 1. The first-order valence-electron chi connectivity index (χ1n) is 12.2. The third-order valence-electron chi connectivity index (χ3n) is 6.31. The maximum Gasteiger partial charge on any atom is 0.266 e. The minimum absolute atomic E-state index is 0.113. The molecule has 1 atom stereocenters. The highest BCUT2D eigenvalue weighted by Crippen LogP contribution is 2.26. The van der Waals surface area contributed by atoms with Crippen molar-refractivity contribution in [3.05, 3.63) is 112 Å². The highest BCUT2D eigenvalue weighted by molar-refractivity contribution is 5.92. The molecular weight excluding hydrogens is 434 g/mol. The van der Waals surface area contributed by atoms with Gasteiger partial charge in [0.05, 0.1) is 22.6 Å². The number of hydrogen-bond donors (Lipinski definition) is 0. The molecule has 0 aliphatic rings. The van der Waals surface area contributed by atoms with Gasteiger partial charge in [-0.05, 0) is 61.2 Å². The van der Waals surface area contributed by atoms with E-state index < -0.39 is 0 Å². The number of aromatic nitrogens is 2. The molecular formula is C30H31N3O2. The molecule has 5 nitrogen and oxygen atoms in total. The number of fused-ring (bicyclic) bond motifs is 1. The van der Waals surface area contributed by atoms with E-state index in [0.717, 1.165) is 17.7 Å². The number of aryl methyl sites for hydroxylation is 1. The van der Waals surface area contributed by atoms with Gasteiger partial charge >= 0.3 is 0 Å². The second-order valence-electron chi connectivity index (χ2n) is 8.44. The molecule has 0 aliphatic carbocycles. The number of rotatable bonds is 8. The van der Waals surface area contributed by atoms with Crippen LogP contribution < -0.4 is 5.56 Å². The van der Waals surface area contributed by atoms with E-state index in [9.17, 15) is 9.59 Å². The molecule has 1 amide bonds. The fourth-order valence-electron chi connectivity index (χ4n) is 4.40. The average Bonchev–Trinajstić information content (AvgIpc) is 2.91. The smallest absolute Gasteiger partial charge is 0.266 e. The minimum atomic E-state index is -0.365. The van der Waals surface area contributed by atoms with E-state index >= 15 is 0 Å². The average molecular weight is 466 g/mol. The zero-order valence-corrected chi connectivity index (χ0v) is 20.5. The van der Waals surface area contributed by atoms with Crippen LogP contribution in [0.25, 0.3) is 22.7 Å². The number of likely N-dealkylation sites (N-methyl/N-ethyl adjacent to an activating group) is 1. The first-order chi connectivity index (χ1) is 17.1. The molecule has 178 valence electrons. The van der Waals surface area contributed by atoms with Crippen molar-refractivity contribution in [2.45, 2.75) is 39.7 Å². The Morgan fingerprint density at radius 1 is 0.943 bits per heavy atom. The molecule has 1 unspecified atom stereocenters. The number of hydrogen-bond acceptors (Lipinski definition) is 3. The monoisotopic (exact) mass is 465 g/mol. The third kappa shape index (κ3) is 5.09. The van der Waals surface area contributed by atoms with Gasteiger partial charge in [0.1, 0.15) is 5.82 Å². The maximum atomic E-state index is 13.7. The highest BCUT2D eigenvalue weighted by atomic mass is 16.2. The summed E-state index contributed by atoms with van der Waals surface area (Å²) in [5.41, 5.74) is 3.41. The zero-order chi connectivity index (χ0) is 24.8. The van der Waals surface area contributed by atoms with Crippen LogP contribution in [0.15, 0.2) is 89.7 Å². The first kappa shape index (κ1) is 24.1. The van der Waals surface area contributed by atoms with Gasteiger partial charge in [-0.25, -0.2) is 4.98 Å². The maximum absolute atomic E-state index is 13.7. The number of benzene rings is 3. The van der Waals surface area contributed by atoms with Gasteiger partial charge in [-0.3, -0.25) is 14.2 Å². The van der Waals surface area contributed by atoms with E-state index in [-0.39, 0.29) is 17.5 Å².